The van der Waals surface area contributed by atoms with Crippen LogP contribution in [0.2, 0.25) is 15.1 Å². The second-order valence-corrected chi connectivity index (χ2v) is 11.4. The third kappa shape index (κ3) is 6.66. The van der Waals surface area contributed by atoms with Crippen molar-refractivity contribution < 1.29 is 23.9 Å². The number of urea groups is 1. The molecule has 10 heteroatoms. The number of carbonyl (C=O) groups is 3. The first-order valence-electron chi connectivity index (χ1n) is 13.7. The maximum Gasteiger partial charge on any atom is 0.335 e. The quantitative estimate of drug-likeness (QED) is 0.133. The van der Waals surface area contributed by atoms with Crippen molar-refractivity contribution in [3.63, 3.8) is 0 Å². The number of anilines is 1. The predicted octanol–water partition coefficient (Wildman–Crippen LogP) is 8.62. The zero-order chi connectivity index (χ0) is 31.5. The maximum atomic E-state index is 13.7. The molecule has 0 aromatic heterocycles. The van der Waals surface area contributed by atoms with Crippen LogP contribution in [0.3, 0.4) is 0 Å². The van der Waals surface area contributed by atoms with Gasteiger partial charge in [0.05, 0.1) is 5.69 Å². The van der Waals surface area contributed by atoms with Gasteiger partial charge in [0.15, 0.2) is 0 Å². The molecule has 0 saturated carbocycles. The highest BCUT2D eigenvalue weighted by Crippen LogP contribution is 2.33. The summed E-state index contributed by atoms with van der Waals surface area (Å²) in [7, 11) is 0. The topological polar surface area (TPSA) is 84.9 Å². The van der Waals surface area contributed by atoms with Crippen LogP contribution in [-0.2, 0) is 22.8 Å². The summed E-state index contributed by atoms with van der Waals surface area (Å²) in [5, 5.41) is 5.54. The molecule has 1 saturated heterocycles. The summed E-state index contributed by atoms with van der Waals surface area (Å²) in [6.45, 7) is 0.419. The zero-order valence-electron chi connectivity index (χ0n) is 23.4. The third-order valence-electron chi connectivity index (χ3n) is 7.13. The van der Waals surface area contributed by atoms with Crippen molar-refractivity contribution in [2.75, 3.05) is 4.90 Å². The number of barbiturate groups is 1. The molecule has 1 aliphatic heterocycles. The number of amides is 4. The molecule has 0 radical (unpaired) electrons. The Balaban J connectivity index is 1.28. The van der Waals surface area contributed by atoms with Crippen molar-refractivity contribution in [2.24, 2.45) is 0 Å². The lowest BCUT2D eigenvalue weighted by Gasteiger charge is -2.26. The SMILES string of the molecule is O=C1NC(=O)N(c2ccc(OCc3ccc(Cl)cc3Cl)cc2)C(=O)/C1=C/c1c(OCc2ccc(Cl)cc2)ccc2ccccc12. The van der Waals surface area contributed by atoms with Crippen LogP contribution >= 0.6 is 34.8 Å². The van der Waals surface area contributed by atoms with E-state index in [0.29, 0.717) is 32.1 Å². The van der Waals surface area contributed by atoms with E-state index in [1.807, 2.05) is 42.5 Å². The minimum absolute atomic E-state index is 0.188. The van der Waals surface area contributed by atoms with E-state index in [1.54, 1.807) is 60.7 Å². The van der Waals surface area contributed by atoms with Gasteiger partial charge in [0.25, 0.3) is 11.8 Å². The van der Waals surface area contributed by atoms with Gasteiger partial charge in [0, 0.05) is 26.2 Å². The number of nitrogens with one attached hydrogen (secondary N) is 1. The second kappa shape index (κ2) is 13.0. The van der Waals surface area contributed by atoms with E-state index >= 15 is 0 Å². The van der Waals surface area contributed by atoms with Crippen molar-refractivity contribution >= 4 is 75.2 Å². The molecule has 0 atom stereocenters. The molecule has 5 aromatic carbocycles. The molecule has 45 heavy (non-hydrogen) atoms. The van der Waals surface area contributed by atoms with Gasteiger partial charge in [-0.3, -0.25) is 14.9 Å². The average molecular weight is 658 g/mol. The largest absolute Gasteiger partial charge is 0.489 e. The van der Waals surface area contributed by atoms with E-state index in [1.165, 1.54) is 6.08 Å². The number of halogens is 3. The van der Waals surface area contributed by atoms with Gasteiger partial charge in [0.1, 0.15) is 30.3 Å². The molecular weight excluding hydrogens is 635 g/mol. The Bertz CT molecular complexity index is 1970. The number of imide groups is 2. The van der Waals surface area contributed by atoms with Crippen molar-refractivity contribution in [3.8, 4) is 11.5 Å². The highest BCUT2D eigenvalue weighted by molar-refractivity contribution is 6.39. The smallest absolute Gasteiger partial charge is 0.335 e. The minimum Gasteiger partial charge on any atom is -0.489 e. The van der Waals surface area contributed by atoms with Crippen molar-refractivity contribution in [2.45, 2.75) is 13.2 Å². The Hall–Kier alpha value is -4.82. The highest BCUT2D eigenvalue weighted by Gasteiger charge is 2.37. The summed E-state index contributed by atoms with van der Waals surface area (Å²) >= 11 is 18.2. The first-order valence-corrected chi connectivity index (χ1v) is 14.9. The molecular formula is C35H23Cl3N2O5. The van der Waals surface area contributed by atoms with E-state index in [-0.39, 0.29) is 24.5 Å². The Labute approximate surface area is 273 Å². The number of benzene rings is 5. The van der Waals surface area contributed by atoms with Crippen molar-refractivity contribution in [1.82, 2.24) is 5.32 Å². The number of hydrogen-bond donors (Lipinski definition) is 1. The molecule has 4 amide bonds. The first kappa shape index (κ1) is 30.2. The lowest BCUT2D eigenvalue weighted by molar-refractivity contribution is -0.122. The molecule has 5 aromatic rings. The molecule has 0 spiro atoms. The molecule has 1 N–H and O–H groups in total. The molecule has 1 fully saturated rings. The van der Waals surface area contributed by atoms with Crippen LogP contribution < -0.4 is 19.7 Å². The number of ether oxygens (including phenoxy) is 2. The fourth-order valence-corrected chi connectivity index (χ4v) is 5.41. The van der Waals surface area contributed by atoms with Crippen molar-refractivity contribution in [3.05, 3.63) is 140 Å². The fourth-order valence-electron chi connectivity index (χ4n) is 4.82. The average Bonchev–Trinajstić information content (AvgIpc) is 3.03. The lowest BCUT2D eigenvalue weighted by Crippen LogP contribution is -2.54. The molecule has 224 valence electrons. The molecule has 7 nitrogen and oxygen atoms in total. The monoisotopic (exact) mass is 656 g/mol. The van der Waals surface area contributed by atoms with Crippen LogP contribution in [-0.4, -0.2) is 17.8 Å². The Morgan fingerprint density at radius 3 is 2.22 bits per heavy atom. The standard InChI is InChI=1S/C35H23Cl3N2O5/c36-24-9-5-21(6-10-24)19-45-32-16-8-22-3-1-2-4-28(22)29(32)18-30-33(41)39-35(43)40(34(30)42)26-12-14-27(15-13-26)44-20-23-7-11-25(37)17-31(23)38/h1-18H,19-20H2,(H,39,41,43)/b30-18+. The number of nitrogens with zero attached hydrogens (tertiary/aromatic N) is 1. The number of hydrogen-bond acceptors (Lipinski definition) is 5. The Morgan fingerprint density at radius 1 is 0.733 bits per heavy atom. The van der Waals surface area contributed by atoms with Gasteiger partial charge >= 0.3 is 6.03 Å². The maximum absolute atomic E-state index is 13.7. The molecule has 1 aliphatic rings. The van der Waals surface area contributed by atoms with Gasteiger partial charge in [0.2, 0.25) is 0 Å². The second-order valence-electron chi connectivity index (χ2n) is 10.1. The van der Waals surface area contributed by atoms with Gasteiger partial charge in [-0.05, 0) is 77.0 Å². The Kier molecular flexibility index (Phi) is 8.76. The normalized spacial score (nSPS) is 14.2. The van der Waals surface area contributed by atoms with Gasteiger partial charge in [-0.15, -0.1) is 0 Å². The molecule has 0 aliphatic carbocycles. The predicted molar refractivity (Wildman–Crippen MR) is 176 cm³/mol. The molecule has 6 rings (SSSR count). The number of fused-ring (bicyclic) bond motifs is 1. The zero-order valence-corrected chi connectivity index (χ0v) is 25.7. The van der Waals surface area contributed by atoms with Crippen LogP contribution in [0.1, 0.15) is 16.7 Å². The van der Waals surface area contributed by atoms with Gasteiger partial charge in [-0.25, -0.2) is 9.69 Å². The summed E-state index contributed by atoms with van der Waals surface area (Å²) in [4.78, 5) is 40.6. The Morgan fingerprint density at radius 2 is 1.47 bits per heavy atom. The lowest BCUT2D eigenvalue weighted by atomic mass is 9.99. The van der Waals surface area contributed by atoms with Crippen LogP contribution in [0, 0.1) is 0 Å². The van der Waals surface area contributed by atoms with Crippen LogP contribution in [0.15, 0.2) is 109 Å². The van der Waals surface area contributed by atoms with E-state index in [0.717, 1.165) is 26.8 Å². The highest BCUT2D eigenvalue weighted by atomic mass is 35.5. The van der Waals surface area contributed by atoms with E-state index in [4.69, 9.17) is 44.3 Å². The summed E-state index contributed by atoms with van der Waals surface area (Å²) in [5.41, 5.74) is 2.19. The molecule has 1 heterocycles. The van der Waals surface area contributed by atoms with E-state index < -0.39 is 17.8 Å². The van der Waals surface area contributed by atoms with Gasteiger partial charge < -0.3 is 9.47 Å². The number of carbonyl (C=O) groups excluding carboxylic acids is 3. The first-order chi connectivity index (χ1) is 21.8. The van der Waals surface area contributed by atoms with Crippen LogP contribution in [0.4, 0.5) is 10.5 Å². The van der Waals surface area contributed by atoms with E-state index in [2.05, 4.69) is 5.32 Å². The third-order valence-corrected chi connectivity index (χ3v) is 7.97. The summed E-state index contributed by atoms with van der Waals surface area (Å²) in [6.07, 6.45) is 1.46. The van der Waals surface area contributed by atoms with Crippen LogP contribution in [0.25, 0.3) is 16.8 Å². The minimum atomic E-state index is -0.860. The van der Waals surface area contributed by atoms with Crippen LogP contribution in [0.5, 0.6) is 11.5 Å². The number of rotatable bonds is 8. The summed E-state index contributed by atoms with van der Waals surface area (Å²) < 4.78 is 12.0. The van der Waals surface area contributed by atoms with Gasteiger partial charge in [-0.1, -0.05) is 83.3 Å². The molecule has 0 unspecified atom stereocenters. The van der Waals surface area contributed by atoms with Crippen molar-refractivity contribution in [1.29, 1.82) is 0 Å². The van der Waals surface area contributed by atoms with E-state index in [9.17, 15) is 14.4 Å². The summed E-state index contributed by atoms with van der Waals surface area (Å²) in [5.74, 6) is -0.637. The summed E-state index contributed by atoms with van der Waals surface area (Å²) in [6, 6.07) is 29.1. The fraction of sp³-hybridized carbons (Fsp3) is 0.0571. The molecule has 0 bridgehead atoms. The van der Waals surface area contributed by atoms with Gasteiger partial charge in [-0.2, -0.15) is 0 Å².